The molecule has 0 radical (unpaired) electrons. The molecule has 0 spiro atoms. The molecular formula is C10H13NOS. The average molecular weight is 195 g/mol. The summed E-state index contributed by atoms with van der Waals surface area (Å²) < 4.78 is 5.43. The highest BCUT2D eigenvalue weighted by molar-refractivity contribution is 7.08. The lowest BCUT2D eigenvalue weighted by atomic mass is 10.1. The van der Waals surface area contributed by atoms with Crippen LogP contribution in [-0.2, 0) is 4.74 Å². The highest BCUT2D eigenvalue weighted by atomic mass is 32.1. The second-order valence-electron chi connectivity index (χ2n) is 3.23. The molecule has 0 saturated heterocycles. The van der Waals surface area contributed by atoms with Crippen molar-refractivity contribution >= 4 is 11.3 Å². The highest BCUT2D eigenvalue weighted by Gasteiger charge is 2.18. The van der Waals surface area contributed by atoms with Gasteiger partial charge in [0.25, 0.3) is 0 Å². The van der Waals surface area contributed by atoms with Crippen molar-refractivity contribution in [3.05, 3.63) is 33.7 Å². The molecule has 70 valence electrons. The molecule has 1 aliphatic heterocycles. The van der Waals surface area contributed by atoms with Crippen LogP contribution in [0, 0.1) is 6.92 Å². The van der Waals surface area contributed by atoms with Crippen LogP contribution in [0.1, 0.15) is 23.6 Å². The molecule has 1 aromatic rings. The summed E-state index contributed by atoms with van der Waals surface area (Å²) in [4.78, 5) is 0. The van der Waals surface area contributed by atoms with E-state index in [-0.39, 0.29) is 6.04 Å². The van der Waals surface area contributed by atoms with Gasteiger partial charge in [-0.15, -0.1) is 0 Å². The van der Waals surface area contributed by atoms with Crippen LogP contribution < -0.4 is 5.73 Å². The number of rotatable bonds is 2. The fourth-order valence-electron chi connectivity index (χ4n) is 1.50. The van der Waals surface area contributed by atoms with Crippen molar-refractivity contribution in [2.45, 2.75) is 19.4 Å². The molecular weight excluding hydrogens is 182 g/mol. The lowest BCUT2D eigenvalue weighted by Gasteiger charge is -2.12. The lowest BCUT2D eigenvalue weighted by molar-refractivity contribution is 0.225. The molecule has 2 rings (SSSR count). The minimum atomic E-state index is -0.0613. The summed E-state index contributed by atoms with van der Waals surface area (Å²) in [5.74, 6) is 0.932. The number of hydrogen-bond donors (Lipinski definition) is 1. The topological polar surface area (TPSA) is 35.2 Å². The van der Waals surface area contributed by atoms with Crippen LogP contribution >= 0.6 is 11.3 Å². The number of aryl methyl sites for hydroxylation is 1. The van der Waals surface area contributed by atoms with Crippen LogP contribution in [0.4, 0.5) is 0 Å². The Bertz CT molecular complexity index is 329. The van der Waals surface area contributed by atoms with Gasteiger partial charge in [0.1, 0.15) is 5.76 Å². The zero-order chi connectivity index (χ0) is 9.26. The van der Waals surface area contributed by atoms with Crippen LogP contribution in [0.25, 0.3) is 0 Å². The predicted molar refractivity (Wildman–Crippen MR) is 54.6 cm³/mol. The summed E-state index contributed by atoms with van der Waals surface area (Å²) >= 11 is 1.69. The number of nitrogens with two attached hydrogens (primary N) is 1. The number of thiophene rings is 1. The molecule has 3 heteroatoms. The molecule has 1 unspecified atom stereocenters. The maximum Gasteiger partial charge on any atom is 0.113 e. The third-order valence-corrected chi connectivity index (χ3v) is 3.15. The van der Waals surface area contributed by atoms with Crippen LogP contribution in [0.3, 0.4) is 0 Å². The average Bonchev–Trinajstić information content (AvgIpc) is 2.72. The molecule has 13 heavy (non-hydrogen) atoms. The normalized spacial score (nSPS) is 18.2. The minimum absolute atomic E-state index is 0.0613. The van der Waals surface area contributed by atoms with Gasteiger partial charge in [0.15, 0.2) is 0 Å². The summed E-state index contributed by atoms with van der Waals surface area (Å²) in [6, 6.07) is -0.0613. The van der Waals surface area contributed by atoms with Gasteiger partial charge in [-0.1, -0.05) is 0 Å². The van der Waals surface area contributed by atoms with Crippen molar-refractivity contribution in [1.82, 2.24) is 0 Å². The largest absolute Gasteiger partial charge is 0.496 e. The van der Waals surface area contributed by atoms with Gasteiger partial charge in [-0.3, -0.25) is 0 Å². The Morgan fingerprint density at radius 1 is 1.54 bits per heavy atom. The third kappa shape index (κ3) is 1.62. The zero-order valence-electron chi connectivity index (χ0n) is 7.62. The number of hydrogen-bond acceptors (Lipinski definition) is 3. The van der Waals surface area contributed by atoms with Crippen molar-refractivity contribution in [3.63, 3.8) is 0 Å². The van der Waals surface area contributed by atoms with Gasteiger partial charge in [-0.05, 0) is 34.9 Å². The summed E-state index contributed by atoms with van der Waals surface area (Å²) in [6.45, 7) is 2.87. The smallest absolute Gasteiger partial charge is 0.113 e. The Hall–Kier alpha value is -0.800. The first-order chi connectivity index (χ1) is 6.29. The summed E-state index contributed by atoms with van der Waals surface area (Å²) in [6.07, 6.45) is 3.08. The van der Waals surface area contributed by atoms with Gasteiger partial charge in [0.2, 0.25) is 0 Å². The second-order valence-corrected chi connectivity index (χ2v) is 3.98. The molecule has 1 aliphatic rings. The highest BCUT2D eigenvalue weighted by Crippen LogP contribution is 2.28. The summed E-state index contributed by atoms with van der Waals surface area (Å²) in [5.41, 5.74) is 8.51. The molecule has 0 aliphatic carbocycles. The Morgan fingerprint density at radius 3 is 2.92 bits per heavy atom. The molecule has 0 aromatic carbocycles. The lowest BCUT2D eigenvalue weighted by Crippen LogP contribution is -2.13. The van der Waals surface area contributed by atoms with E-state index in [1.54, 1.807) is 11.3 Å². The first kappa shape index (κ1) is 8.78. The SMILES string of the molecule is Cc1cscc1C(N)C1=CCCO1. The van der Waals surface area contributed by atoms with Gasteiger partial charge in [0, 0.05) is 6.42 Å². The van der Waals surface area contributed by atoms with Crippen molar-refractivity contribution in [2.75, 3.05) is 6.61 Å². The Balaban J connectivity index is 2.21. The fourth-order valence-corrected chi connectivity index (χ4v) is 2.38. The van der Waals surface area contributed by atoms with E-state index in [2.05, 4.69) is 23.8 Å². The molecule has 2 heterocycles. The molecule has 1 atom stereocenters. The maximum atomic E-state index is 6.06. The van der Waals surface area contributed by atoms with Crippen molar-refractivity contribution in [3.8, 4) is 0 Å². The maximum absolute atomic E-state index is 6.06. The van der Waals surface area contributed by atoms with E-state index in [1.807, 2.05) is 0 Å². The van der Waals surface area contributed by atoms with Gasteiger partial charge in [0.05, 0.1) is 12.6 Å². The first-order valence-electron chi connectivity index (χ1n) is 4.40. The van der Waals surface area contributed by atoms with Crippen molar-refractivity contribution < 1.29 is 4.74 Å². The quantitative estimate of drug-likeness (QED) is 0.786. The first-order valence-corrected chi connectivity index (χ1v) is 5.34. The molecule has 1 aromatic heterocycles. The Labute approximate surface area is 82.0 Å². The Morgan fingerprint density at radius 2 is 2.38 bits per heavy atom. The van der Waals surface area contributed by atoms with E-state index in [0.29, 0.717) is 0 Å². The van der Waals surface area contributed by atoms with E-state index >= 15 is 0 Å². The number of ether oxygens (including phenoxy) is 1. The van der Waals surface area contributed by atoms with Crippen LogP contribution in [-0.4, -0.2) is 6.61 Å². The van der Waals surface area contributed by atoms with Crippen LogP contribution in [0.5, 0.6) is 0 Å². The van der Waals surface area contributed by atoms with Gasteiger partial charge >= 0.3 is 0 Å². The van der Waals surface area contributed by atoms with E-state index in [9.17, 15) is 0 Å². The molecule has 2 nitrogen and oxygen atoms in total. The Kier molecular flexibility index (Phi) is 2.38. The zero-order valence-corrected chi connectivity index (χ0v) is 8.43. The second kappa shape index (κ2) is 3.52. The summed E-state index contributed by atoms with van der Waals surface area (Å²) in [5, 5.41) is 4.22. The van der Waals surface area contributed by atoms with Gasteiger partial charge in [-0.2, -0.15) is 11.3 Å². The van der Waals surface area contributed by atoms with Crippen LogP contribution in [0.2, 0.25) is 0 Å². The predicted octanol–water partition coefficient (Wildman–Crippen LogP) is 2.36. The van der Waals surface area contributed by atoms with Crippen molar-refractivity contribution in [2.24, 2.45) is 5.73 Å². The molecule has 0 amide bonds. The molecule has 0 saturated carbocycles. The third-order valence-electron chi connectivity index (χ3n) is 2.27. The fraction of sp³-hybridized carbons (Fsp3) is 0.400. The van der Waals surface area contributed by atoms with Crippen molar-refractivity contribution in [1.29, 1.82) is 0 Å². The standard InChI is InChI=1S/C10H13NOS/c1-7-5-13-6-8(7)10(11)9-3-2-4-12-9/h3,5-6,10H,2,4,11H2,1H3. The van der Waals surface area contributed by atoms with E-state index in [4.69, 9.17) is 10.5 Å². The van der Waals surface area contributed by atoms with E-state index < -0.39 is 0 Å². The van der Waals surface area contributed by atoms with E-state index in [1.165, 1.54) is 11.1 Å². The van der Waals surface area contributed by atoms with Gasteiger partial charge in [-0.25, -0.2) is 0 Å². The monoisotopic (exact) mass is 195 g/mol. The summed E-state index contributed by atoms with van der Waals surface area (Å²) in [7, 11) is 0. The van der Waals surface area contributed by atoms with Crippen LogP contribution in [0.15, 0.2) is 22.6 Å². The minimum Gasteiger partial charge on any atom is -0.496 e. The molecule has 0 fully saturated rings. The van der Waals surface area contributed by atoms with E-state index in [0.717, 1.165) is 18.8 Å². The van der Waals surface area contributed by atoms with Gasteiger partial charge < -0.3 is 10.5 Å². The molecule has 0 bridgehead atoms. The molecule has 2 N–H and O–H groups in total.